The molecule has 0 unspecified atom stereocenters. The molecule has 1 aromatic rings. The fraction of sp³-hybridized carbons (Fsp3) is 0.600. The van der Waals surface area contributed by atoms with Gasteiger partial charge in [0.25, 0.3) is 0 Å². The van der Waals surface area contributed by atoms with Crippen LogP contribution in [0, 0.1) is 0 Å². The van der Waals surface area contributed by atoms with E-state index in [2.05, 4.69) is 15.3 Å². The van der Waals surface area contributed by atoms with Crippen molar-refractivity contribution in [2.45, 2.75) is 25.7 Å². The van der Waals surface area contributed by atoms with E-state index in [1.807, 2.05) is 0 Å². The zero-order valence-electron chi connectivity index (χ0n) is 9.26. The van der Waals surface area contributed by atoms with Gasteiger partial charge in [0.1, 0.15) is 6.61 Å². The van der Waals surface area contributed by atoms with Crippen molar-refractivity contribution in [3.63, 3.8) is 0 Å². The van der Waals surface area contributed by atoms with E-state index in [4.69, 9.17) is 4.74 Å². The Bertz CT molecular complexity index is 420. The molecule has 1 N–H and O–H groups in total. The lowest BCUT2D eigenvalue weighted by molar-refractivity contribution is -0.142. The Labute approximate surface area is 96.2 Å². The van der Waals surface area contributed by atoms with Gasteiger partial charge in [-0.1, -0.05) is 0 Å². The Morgan fingerprint density at radius 2 is 2.12 bits per heavy atom. The number of fused-ring (bicyclic) bond motifs is 1. The third-order valence-corrected chi connectivity index (χ3v) is 2.53. The van der Waals surface area contributed by atoms with Crippen LogP contribution in [0.25, 0.3) is 0 Å². The summed E-state index contributed by atoms with van der Waals surface area (Å²) in [6.07, 6.45) is -4.13. The smallest absolute Gasteiger partial charge is 0.377 e. The largest absolute Gasteiger partial charge is 0.433 e. The predicted molar refractivity (Wildman–Crippen MR) is 53.2 cm³/mol. The van der Waals surface area contributed by atoms with Crippen LogP contribution in [0.5, 0.6) is 0 Å². The van der Waals surface area contributed by atoms with Crippen LogP contribution in [0.4, 0.5) is 13.2 Å². The maximum Gasteiger partial charge on any atom is 0.433 e. The lowest BCUT2D eigenvalue weighted by atomic mass is 10.0. The molecule has 0 saturated carbocycles. The molecular formula is C10H12F3N3O. The van der Waals surface area contributed by atoms with Gasteiger partial charge in [0.2, 0.25) is 0 Å². The molecular weight excluding hydrogens is 235 g/mol. The van der Waals surface area contributed by atoms with Crippen LogP contribution in [0.2, 0.25) is 0 Å². The Morgan fingerprint density at radius 1 is 1.35 bits per heavy atom. The number of aromatic nitrogens is 2. The predicted octanol–water partition coefficient (Wildman–Crippen LogP) is 1.29. The van der Waals surface area contributed by atoms with E-state index < -0.39 is 11.9 Å². The first-order valence-electron chi connectivity index (χ1n) is 5.18. The molecule has 1 aliphatic rings. The molecule has 2 heterocycles. The van der Waals surface area contributed by atoms with Crippen molar-refractivity contribution >= 4 is 0 Å². The molecule has 17 heavy (non-hydrogen) atoms. The van der Waals surface area contributed by atoms with Gasteiger partial charge < -0.3 is 10.1 Å². The van der Waals surface area contributed by atoms with Crippen LogP contribution in [-0.2, 0) is 30.5 Å². The molecule has 0 spiro atoms. The maximum atomic E-state index is 12.8. The summed E-state index contributed by atoms with van der Waals surface area (Å²) in [5, 5.41) is 2.99. The monoisotopic (exact) mass is 247 g/mol. The highest BCUT2D eigenvalue weighted by Gasteiger charge is 2.37. The number of halogens is 3. The number of methoxy groups -OCH3 is 1. The van der Waals surface area contributed by atoms with E-state index >= 15 is 0 Å². The van der Waals surface area contributed by atoms with Gasteiger partial charge in [-0.15, -0.1) is 0 Å². The van der Waals surface area contributed by atoms with Crippen molar-refractivity contribution in [3.05, 3.63) is 22.8 Å². The lowest BCUT2D eigenvalue weighted by Gasteiger charge is -2.20. The van der Waals surface area contributed by atoms with Crippen LogP contribution < -0.4 is 5.32 Å². The first-order chi connectivity index (χ1) is 8.02. The molecule has 0 saturated heterocycles. The zero-order chi connectivity index (χ0) is 12.5. The van der Waals surface area contributed by atoms with Crippen molar-refractivity contribution in [1.82, 2.24) is 15.3 Å². The zero-order valence-corrected chi connectivity index (χ0v) is 9.26. The maximum absolute atomic E-state index is 12.8. The summed E-state index contributed by atoms with van der Waals surface area (Å²) in [4.78, 5) is 7.64. The second-order valence-electron chi connectivity index (χ2n) is 3.77. The van der Waals surface area contributed by atoms with Gasteiger partial charge in [-0.2, -0.15) is 13.2 Å². The fourth-order valence-electron chi connectivity index (χ4n) is 1.84. The Hall–Kier alpha value is -1.21. The molecule has 0 fully saturated rings. The van der Waals surface area contributed by atoms with Gasteiger partial charge in [-0.3, -0.25) is 0 Å². The van der Waals surface area contributed by atoms with Crippen molar-refractivity contribution in [1.29, 1.82) is 0 Å². The third-order valence-electron chi connectivity index (χ3n) is 2.53. The van der Waals surface area contributed by atoms with Crippen LogP contribution in [0.15, 0.2) is 0 Å². The second kappa shape index (κ2) is 4.58. The van der Waals surface area contributed by atoms with E-state index in [9.17, 15) is 13.2 Å². The minimum atomic E-state index is -4.44. The first-order valence-corrected chi connectivity index (χ1v) is 5.18. The standard InChI is InChI=1S/C10H12F3N3O/c1-17-5-8-15-7-4-14-3-2-6(7)9(16-8)10(11,12)13/h14H,2-5H2,1H3. The van der Waals surface area contributed by atoms with Gasteiger partial charge in [-0.25, -0.2) is 9.97 Å². The highest BCUT2D eigenvalue weighted by Crippen LogP contribution is 2.32. The summed E-state index contributed by atoms with van der Waals surface area (Å²) in [6, 6.07) is 0. The van der Waals surface area contributed by atoms with Gasteiger partial charge in [-0.05, 0) is 13.0 Å². The summed E-state index contributed by atoms with van der Waals surface area (Å²) < 4.78 is 43.3. The summed E-state index contributed by atoms with van der Waals surface area (Å²) >= 11 is 0. The van der Waals surface area contributed by atoms with Crippen LogP contribution in [-0.4, -0.2) is 23.6 Å². The average Bonchev–Trinajstić information content (AvgIpc) is 2.27. The molecule has 1 aliphatic heterocycles. The minimum absolute atomic E-state index is 0.0175. The summed E-state index contributed by atoms with van der Waals surface area (Å²) in [5.74, 6) is 0.0716. The Balaban J connectivity index is 2.50. The number of nitrogens with zero attached hydrogens (tertiary/aromatic N) is 2. The molecule has 0 atom stereocenters. The SMILES string of the molecule is COCc1nc2c(c(C(F)(F)F)n1)CCNC2. The number of alkyl halides is 3. The van der Waals surface area contributed by atoms with Crippen LogP contribution in [0.1, 0.15) is 22.8 Å². The number of rotatable bonds is 2. The average molecular weight is 247 g/mol. The molecule has 0 aromatic carbocycles. The van der Waals surface area contributed by atoms with E-state index in [0.29, 0.717) is 25.2 Å². The van der Waals surface area contributed by atoms with Gasteiger partial charge in [0, 0.05) is 19.2 Å². The molecule has 4 nitrogen and oxygen atoms in total. The quantitative estimate of drug-likeness (QED) is 0.855. The normalized spacial score (nSPS) is 15.8. The topological polar surface area (TPSA) is 47.0 Å². The highest BCUT2D eigenvalue weighted by molar-refractivity contribution is 5.30. The van der Waals surface area contributed by atoms with E-state index in [0.717, 1.165) is 0 Å². The molecule has 0 amide bonds. The molecule has 2 rings (SSSR count). The van der Waals surface area contributed by atoms with Gasteiger partial charge >= 0.3 is 6.18 Å². The van der Waals surface area contributed by atoms with Gasteiger partial charge in [0.15, 0.2) is 11.5 Å². The first kappa shape index (κ1) is 12.3. The number of ether oxygens (including phenoxy) is 1. The Morgan fingerprint density at radius 3 is 2.76 bits per heavy atom. The van der Waals surface area contributed by atoms with E-state index in [1.165, 1.54) is 7.11 Å². The van der Waals surface area contributed by atoms with Gasteiger partial charge in [0.05, 0.1) is 5.69 Å². The second-order valence-corrected chi connectivity index (χ2v) is 3.77. The molecule has 0 radical (unpaired) electrons. The van der Waals surface area contributed by atoms with Crippen LogP contribution >= 0.6 is 0 Å². The summed E-state index contributed by atoms with van der Waals surface area (Å²) in [6.45, 7) is 0.844. The van der Waals surface area contributed by atoms with Crippen molar-refractivity contribution in [2.75, 3.05) is 13.7 Å². The fourth-order valence-corrected chi connectivity index (χ4v) is 1.84. The van der Waals surface area contributed by atoms with Crippen LogP contribution in [0.3, 0.4) is 0 Å². The van der Waals surface area contributed by atoms with E-state index in [1.54, 1.807) is 0 Å². The third kappa shape index (κ3) is 2.55. The molecule has 0 aliphatic carbocycles. The number of nitrogens with one attached hydrogen (secondary N) is 1. The number of hydrogen-bond donors (Lipinski definition) is 1. The molecule has 7 heteroatoms. The highest BCUT2D eigenvalue weighted by atomic mass is 19.4. The van der Waals surface area contributed by atoms with Crippen molar-refractivity contribution in [3.8, 4) is 0 Å². The van der Waals surface area contributed by atoms with Crippen molar-refractivity contribution < 1.29 is 17.9 Å². The lowest BCUT2D eigenvalue weighted by Crippen LogP contribution is -2.29. The number of hydrogen-bond acceptors (Lipinski definition) is 4. The Kier molecular flexibility index (Phi) is 3.30. The summed E-state index contributed by atoms with van der Waals surface area (Å²) in [5.41, 5.74) is -0.197. The minimum Gasteiger partial charge on any atom is -0.377 e. The van der Waals surface area contributed by atoms with Crippen molar-refractivity contribution in [2.24, 2.45) is 0 Å². The molecule has 0 bridgehead atoms. The molecule has 94 valence electrons. The van der Waals surface area contributed by atoms with E-state index in [-0.39, 0.29) is 18.0 Å². The summed E-state index contributed by atoms with van der Waals surface area (Å²) in [7, 11) is 1.40. The molecule has 1 aromatic heterocycles.